The Bertz CT molecular complexity index is 1690. The van der Waals surface area contributed by atoms with Crippen LogP contribution in [0.25, 0.3) is 11.0 Å². The molecular weight excluding hydrogens is 546 g/mol. The highest BCUT2D eigenvalue weighted by atomic mass is 16.5. The molecule has 1 unspecified atom stereocenters. The van der Waals surface area contributed by atoms with Gasteiger partial charge in [-0.2, -0.15) is 5.10 Å². The van der Waals surface area contributed by atoms with E-state index in [9.17, 15) is 14.4 Å². The standard InChI is InChI=1S/C32H39N7O4/c1-8-39-26-12-11-22(20(3)29(26)34-36-39)28(32(4,5)31(42)43-7)25-15-21(37(6)35-25)17-38-16-19(2)14-24-23(10-9-13-33-24)30(38)27(41)18-40/h9-13,15,18-19,28,30H,8,14,16-17H2,1-7H3/t19-,28-,30?/m0/s1. The van der Waals surface area contributed by atoms with E-state index in [1.165, 1.54) is 7.11 Å². The number of Topliss-reactive ketones (excluding diaryl/α,β-unsaturated/α-hetero) is 1. The highest BCUT2D eigenvalue weighted by Gasteiger charge is 2.43. The molecule has 0 N–H and O–H groups in total. The van der Waals surface area contributed by atoms with Crippen molar-refractivity contribution in [1.29, 1.82) is 0 Å². The van der Waals surface area contributed by atoms with Crippen molar-refractivity contribution in [1.82, 2.24) is 34.7 Å². The summed E-state index contributed by atoms with van der Waals surface area (Å²) in [7, 11) is 3.25. The van der Waals surface area contributed by atoms with Gasteiger partial charge < -0.3 is 4.74 Å². The molecule has 3 atom stereocenters. The van der Waals surface area contributed by atoms with Crippen LogP contribution in [0.2, 0.25) is 0 Å². The van der Waals surface area contributed by atoms with Crippen LogP contribution in [0.1, 0.15) is 73.4 Å². The molecule has 0 saturated carbocycles. The van der Waals surface area contributed by atoms with Gasteiger partial charge in [0.25, 0.3) is 0 Å². The molecule has 0 fully saturated rings. The van der Waals surface area contributed by atoms with E-state index in [1.54, 1.807) is 16.9 Å². The van der Waals surface area contributed by atoms with Crippen molar-refractivity contribution in [3.05, 3.63) is 70.3 Å². The van der Waals surface area contributed by atoms with Crippen molar-refractivity contribution in [2.75, 3.05) is 13.7 Å². The van der Waals surface area contributed by atoms with Crippen molar-refractivity contribution in [3.63, 3.8) is 0 Å². The molecule has 0 aliphatic carbocycles. The van der Waals surface area contributed by atoms with E-state index in [0.717, 1.165) is 39.1 Å². The summed E-state index contributed by atoms with van der Waals surface area (Å²) in [6, 6.07) is 8.96. The number of aldehydes is 1. The van der Waals surface area contributed by atoms with Crippen LogP contribution in [-0.2, 0) is 45.7 Å². The van der Waals surface area contributed by atoms with E-state index < -0.39 is 23.2 Å². The first kappa shape index (κ1) is 30.2. The van der Waals surface area contributed by atoms with Crippen molar-refractivity contribution >= 4 is 29.1 Å². The molecule has 226 valence electrons. The molecule has 0 radical (unpaired) electrons. The first-order valence-electron chi connectivity index (χ1n) is 14.6. The highest BCUT2D eigenvalue weighted by Crippen LogP contribution is 2.44. The maximum Gasteiger partial charge on any atom is 0.312 e. The van der Waals surface area contributed by atoms with Crippen LogP contribution in [0.4, 0.5) is 0 Å². The van der Waals surface area contributed by atoms with Gasteiger partial charge in [-0.3, -0.25) is 28.9 Å². The topological polar surface area (TPSA) is 125 Å². The number of methoxy groups -OCH3 is 1. The van der Waals surface area contributed by atoms with E-state index in [1.807, 2.05) is 68.6 Å². The Morgan fingerprint density at radius 3 is 2.70 bits per heavy atom. The van der Waals surface area contributed by atoms with Gasteiger partial charge in [-0.25, -0.2) is 4.68 Å². The van der Waals surface area contributed by atoms with Crippen LogP contribution in [0.3, 0.4) is 0 Å². The Balaban J connectivity index is 1.60. The predicted octanol–water partition coefficient (Wildman–Crippen LogP) is 3.72. The number of nitrogens with zero attached hydrogens (tertiary/aromatic N) is 7. The molecule has 3 aromatic heterocycles. The van der Waals surface area contributed by atoms with E-state index in [0.29, 0.717) is 38.0 Å². The maximum atomic E-state index is 13.2. The Morgan fingerprint density at radius 2 is 2.00 bits per heavy atom. The summed E-state index contributed by atoms with van der Waals surface area (Å²) in [6.45, 7) is 11.5. The summed E-state index contributed by atoms with van der Waals surface area (Å²) < 4.78 is 8.90. The van der Waals surface area contributed by atoms with Crippen LogP contribution < -0.4 is 0 Å². The molecule has 11 nitrogen and oxygen atoms in total. The molecule has 4 heterocycles. The van der Waals surface area contributed by atoms with Gasteiger partial charge in [0.1, 0.15) is 11.6 Å². The number of pyridine rings is 1. The van der Waals surface area contributed by atoms with Crippen LogP contribution in [0.15, 0.2) is 36.5 Å². The lowest BCUT2D eigenvalue weighted by molar-refractivity contribution is -0.151. The number of carbonyl (C=O) groups excluding carboxylic acids is 3. The van der Waals surface area contributed by atoms with Crippen LogP contribution in [0.5, 0.6) is 0 Å². The molecule has 1 aromatic carbocycles. The predicted molar refractivity (Wildman–Crippen MR) is 160 cm³/mol. The third kappa shape index (κ3) is 5.37. The molecule has 43 heavy (non-hydrogen) atoms. The van der Waals surface area contributed by atoms with E-state index >= 15 is 0 Å². The maximum absolute atomic E-state index is 13.2. The first-order chi connectivity index (χ1) is 20.5. The Kier molecular flexibility index (Phi) is 8.29. The zero-order valence-corrected chi connectivity index (χ0v) is 25.9. The number of ketones is 1. The zero-order chi connectivity index (χ0) is 31.1. The van der Waals surface area contributed by atoms with Gasteiger partial charge in [0.05, 0.1) is 29.4 Å². The van der Waals surface area contributed by atoms with Gasteiger partial charge in [0, 0.05) is 44.5 Å². The number of hydrogen-bond acceptors (Lipinski definition) is 9. The van der Waals surface area contributed by atoms with Gasteiger partial charge in [0.15, 0.2) is 6.29 Å². The second-order valence-corrected chi connectivity index (χ2v) is 12.1. The fourth-order valence-corrected chi connectivity index (χ4v) is 6.58. The number of carbonyl (C=O) groups is 3. The fourth-order valence-electron chi connectivity index (χ4n) is 6.58. The summed E-state index contributed by atoms with van der Waals surface area (Å²) in [5.74, 6) is -1.11. The third-order valence-corrected chi connectivity index (χ3v) is 8.74. The van der Waals surface area contributed by atoms with Crippen molar-refractivity contribution < 1.29 is 19.1 Å². The zero-order valence-electron chi connectivity index (χ0n) is 25.9. The Hall–Kier alpha value is -4.25. The third-order valence-electron chi connectivity index (χ3n) is 8.74. The number of hydrogen-bond donors (Lipinski definition) is 0. The minimum Gasteiger partial charge on any atom is -0.469 e. The molecule has 11 heteroatoms. The second kappa shape index (κ2) is 11.8. The number of fused-ring (bicyclic) bond motifs is 2. The summed E-state index contributed by atoms with van der Waals surface area (Å²) in [5.41, 5.74) is 5.71. The van der Waals surface area contributed by atoms with Gasteiger partial charge in [0.2, 0.25) is 5.78 Å². The van der Waals surface area contributed by atoms with Gasteiger partial charge in [-0.05, 0) is 74.9 Å². The summed E-state index contributed by atoms with van der Waals surface area (Å²) >= 11 is 0. The quantitative estimate of drug-likeness (QED) is 0.164. The molecule has 4 aromatic rings. The molecule has 1 aliphatic heterocycles. The largest absolute Gasteiger partial charge is 0.469 e. The van der Waals surface area contributed by atoms with Crippen LogP contribution in [-0.4, -0.2) is 66.4 Å². The van der Waals surface area contributed by atoms with Gasteiger partial charge in [-0.1, -0.05) is 24.3 Å². The van der Waals surface area contributed by atoms with Gasteiger partial charge >= 0.3 is 5.97 Å². The Labute approximate surface area is 251 Å². The van der Waals surface area contributed by atoms with Gasteiger partial charge in [-0.15, -0.1) is 5.10 Å². The van der Waals surface area contributed by atoms with Crippen LogP contribution in [0, 0.1) is 18.3 Å². The van der Waals surface area contributed by atoms with E-state index in [4.69, 9.17) is 9.84 Å². The fraction of sp³-hybridized carbons (Fsp3) is 0.469. The summed E-state index contributed by atoms with van der Waals surface area (Å²) in [4.78, 5) is 44.7. The second-order valence-electron chi connectivity index (χ2n) is 12.1. The molecule has 0 spiro atoms. The lowest BCUT2D eigenvalue weighted by Gasteiger charge is -2.32. The first-order valence-corrected chi connectivity index (χ1v) is 14.6. The van der Waals surface area contributed by atoms with Crippen molar-refractivity contribution in [2.24, 2.45) is 18.4 Å². The highest BCUT2D eigenvalue weighted by molar-refractivity contribution is 6.27. The minimum absolute atomic E-state index is 0.211. The van der Waals surface area contributed by atoms with E-state index in [-0.39, 0.29) is 11.9 Å². The molecule has 5 rings (SSSR count). The normalized spacial score (nSPS) is 18.2. The molecule has 0 saturated heterocycles. The molecule has 1 aliphatic rings. The summed E-state index contributed by atoms with van der Waals surface area (Å²) in [6.07, 6.45) is 2.84. The number of esters is 1. The van der Waals surface area contributed by atoms with E-state index in [2.05, 4.69) is 22.2 Å². The monoisotopic (exact) mass is 585 g/mol. The lowest BCUT2D eigenvalue weighted by Crippen LogP contribution is -2.36. The average Bonchev–Trinajstić information content (AvgIpc) is 3.53. The minimum atomic E-state index is -0.975. The lowest BCUT2D eigenvalue weighted by atomic mass is 9.71. The number of aryl methyl sites for hydroxylation is 3. The van der Waals surface area contributed by atoms with Crippen molar-refractivity contribution in [2.45, 2.75) is 66.1 Å². The molecule has 0 amide bonds. The number of aromatic nitrogens is 6. The average molecular weight is 586 g/mol. The van der Waals surface area contributed by atoms with Crippen molar-refractivity contribution in [3.8, 4) is 0 Å². The number of ether oxygens (including phenoxy) is 1. The molecule has 0 bridgehead atoms. The number of benzene rings is 1. The Morgan fingerprint density at radius 1 is 1.23 bits per heavy atom. The smallest absolute Gasteiger partial charge is 0.312 e. The molecular formula is C32H39N7O4. The number of rotatable bonds is 9. The summed E-state index contributed by atoms with van der Waals surface area (Å²) in [5, 5.41) is 13.7. The van der Waals surface area contributed by atoms with Crippen LogP contribution >= 0.6 is 0 Å². The SMILES string of the molecule is CCn1nnc2c(C)c([C@@H](c3cc(CN4C[C@@H](C)Cc5ncccc5C4C(=O)C=O)n(C)n3)C(C)(C)C(=O)OC)ccc21.